The summed E-state index contributed by atoms with van der Waals surface area (Å²) in [5.41, 5.74) is 4.41. The highest BCUT2D eigenvalue weighted by molar-refractivity contribution is 5.41. The number of pyridine rings is 1. The second-order valence-electron chi connectivity index (χ2n) is 5.22. The van der Waals surface area contributed by atoms with Crippen molar-refractivity contribution in [1.29, 1.82) is 0 Å². The van der Waals surface area contributed by atoms with Crippen LogP contribution in [0.2, 0.25) is 0 Å². The molecule has 0 atom stereocenters. The second kappa shape index (κ2) is 3.45. The number of halogens is 3. The van der Waals surface area contributed by atoms with Gasteiger partial charge in [0.15, 0.2) is 0 Å². The van der Waals surface area contributed by atoms with E-state index in [1.165, 1.54) is 12.4 Å². The molecule has 0 bridgehead atoms. The lowest BCUT2D eigenvalue weighted by Gasteiger charge is -2.32. The van der Waals surface area contributed by atoms with Gasteiger partial charge in [0.1, 0.15) is 0 Å². The molecule has 17 heavy (non-hydrogen) atoms. The molecule has 1 aromatic heterocycles. The Morgan fingerprint density at radius 1 is 1.29 bits per heavy atom. The largest absolute Gasteiger partial charge is 0.416 e. The Kier molecular flexibility index (Phi) is 2.51. The number of aromatic nitrogens is 1. The summed E-state index contributed by atoms with van der Waals surface area (Å²) >= 11 is 0. The second-order valence-corrected chi connectivity index (χ2v) is 5.22. The topological polar surface area (TPSA) is 38.9 Å². The monoisotopic (exact) mass is 244 g/mol. The Labute approximate surface area is 98.0 Å². The third kappa shape index (κ3) is 1.92. The standard InChI is InChI=1S/C12H15F3N2/c1-10(2,16)11(4-5-11)9-7-17-6-3-8(9)12(13,14)15/h3,6-7H,4-5,16H2,1-2H3. The molecule has 2 rings (SSSR count). The van der Waals surface area contributed by atoms with Gasteiger partial charge in [0.25, 0.3) is 0 Å². The van der Waals surface area contributed by atoms with Crippen LogP contribution in [0, 0.1) is 0 Å². The summed E-state index contributed by atoms with van der Waals surface area (Å²) in [6, 6.07) is 1.03. The molecule has 0 aliphatic heterocycles. The van der Waals surface area contributed by atoms with E-state index in [0.717, 1.165) is 6.07 Å². The van der Waals surface area contributed by atoms with Crippen molar-refractivity contribution in [1.82, 2.24) is 4.98 Å². The minimum Gasteiger partial charge on any atom is -0.325 e. The van der Waals surface area contributed by atoms with E-state index in [0.29, 0.717) is 12.8 Å². The van der Waals surface area contributed by atoms with Crippen molar-refractivity contribution in [3.8, 4) is 0 Å². The van der Waals surface area contributed by atoms with Crippen LogP contribution in [0.3, 0.4) is 0 Å². The summed E-state index contributed by atoms with van der Waals surface area (Å²) in [5, 5.41) is 0. The molecule has 0 unspecified atom stereocenters. The van der Waals surface area contributed by atoms with Gasteiger partial charge in [-0.2, -0.15) is 13.2 Å². The highest BCUT2D eigenvalue weighted by Gasteiger charge is 2.56. The summed E-state index contributed by atoms with van der Waals surface area (Å²) in [5.74, 6) is 0. The lowest BCUT2D eigenvalue weighted by atomic mass is 9.78. The molecule has 5 heteroatoms. The first-order valence-corrected chi connectivity index (χ1v) is 5.49. The van der Waals surface area contributed by atoms with E-state index in [9.17, 15) is 13.2 Å². The van der Waals surface area contributed by atoms with Crippen LogP contribution < -0.4 is 5.73 Å². The van der Waals surface area contributed by atoms with Gasteiger partial charge in [-0.1, -0.05) is 0 Å². The summed E-state index contributed by atoms with van der Waals surface area (Å²) in [6.07, 6.45) is -0.494. The van der Waals surface area contributed by atoms with Gasteiger partial charge in [0.2, 0.25) is 0 Å². The maximum Gasteiger partial charge on any atom is 0.416 e. The van der Waals surface area contributed by atoms with E-state index in [1.54, 1.807) is 13.8 Å². The van der Waals surface area contributed by atoms with Gasteiger partial charge in [0.05, 0.1) is 5.56 Å². The van der Waals surface area contributed by atoms with E-state index in [-0.39, 0.29) is 5.56 Å². The zero-order valence-corrected chi connectivity index (χ0v) is 9.80. The molecule has 0 radical (unpaired) electrons. The van der Waals surface area contributed by atoms with E-state index in [2.05, 4.69) is 4.98 Å². The van der Waals surface area contributed by atoms with Gasteiger partial charge in [-0.15, -0.1) is 0 Å². The van der Waals surface area contributed by atoms with Gasteiger partial charge >= 0.3 is 6.18 Å². The molecule has 2 nitrogen and oxygen atoms in total. The zero-order chi connectivity index (χ0) is 12.9. The van der Waals surface area contributed by atoms with Crippen molar-refractivity contribution in [3.63, 3.8) is 0 Å². The van der Waals surface area contributed by atoms with Crippen LogP contribution in [0.5, 0.6) is 0 Å². The molecule has 94 valence electrons. The van der Waals surface area contributed by atoms with Gasteiger partial charge in [-0.05, 0) is 38.3 Å². The van der Waals surface area contributed by atoms with Crippen molar-refractivity contribution >= 4 is 0 Å². The van der Waals surface area contributed by atoms with E-state index < -0.39 is 22.7 Å². The molecule has 0 aromatic carbocycles. The molecule has 1 aliphatic rings. The lowest BCUT2D eigenvalue weighted by Crippen LogP contribution is -2.46. The number of hydrogen-bond donors (Lipinski definition) is 1. The molecular weight excluding hydrogens is 229 g/mol. The van der Waals surface area contributed by atoms with Crippen LogP contribution in [-0.2, 0) is 11.6 Å². The maximum absolute atomic E-state index is 12.9. The van der Waals surface area contributed by atoms with Crippen LogP contribution in [-0.4, -0.2) is 10.5 Å². The molecular formula is C12H15F3N2. The van der Waals surface area contributed by atoms with E-state index >= 15 is 0 Å². The minimum atomic E-state index is -4.35. The summed E-state index contributed by atoms with van der Waals surface area (Å²) in [7, 11) is 0. The van der Waals surface area contributed by atoms with Crippen molar-refractivity contribution in [2.75, 3.05) is 0 Å². The number of hydrogen-bond acceptors (Lipinski definition) is 2. The fourth-order valence-electron chi connectivity index (χ4n) is 2.41. The fraction of sp³-hybridized carbons (Fsp3) is 0.583. The first kappa shape index (κ1) is 12.4. The normalized spacial score (nSPS) is 19.2. The maximum atomic E-state index is 12.9. The van der Waals surface area contributed by atoms with Gasteiger partial charge in [-0.25, -0.2) is 0 Å². The number of nitrogens with two attached hydrogens (primary N) is 1. The third-order valence-electron chi connectivity index (χ3n) is 3.63. The summed E-state index contributed by atoms with van der Waals surface area (Å²) in [4.78, 5) is 3.82. The predicted octanol–water partition coefficient (Wildman–Crippen LogP) is 2.87. The van der Waals surface area contributed by atoms with Gasteiger partial charge < -0.3 is 5.73 Å². The average molecular weight is 244 g/mol. The van der Waals surface area contributed by atoms with Crippen molar-refractivity contribution in [2.24, 2.45) is 5.73 Å². The molecule has 1 aliphatic carbocycles. The summed E-state index contributed by atoms with van der Waals surface area (Å²) in [6.45, 7) is 3.54. The minimum absolute atomic E-state index is 0.236. The fourth-order valence-corrected chi connectivity index (χ4v) is 2.41. The predicted molar refractivity (Wildman–Crippen MR) is 58.4 cm³/mol. The molecule has 1 saturated carbocycles. The Balaban J connectivity index is 2.55. The first-order valence-electron chi connectivity index (χ1n) is 5.49. The van der Waals surface area contributed by atoms with Crippen LogP contribution in [0.1, 0.15) is 37.8 Å². The highest BCUT2D eigenvalue weighted by atomic mass is 19.4. The summed E-state index contributed by atoms with van der Waals surface area (Å²) < 4.78 is 38.8. The molecule has 1 fully saturated rings. The van der Waals surface area contributed by atoms with Gasteiger partial charge in [0, 0.05) is 23.3 Å². The molecule has 2 N–H and O–H groups in total. The Morgan fingerprint density at radius 2 is 1.88 bits per heavy atom. The van der Waals surface area contributed by atoms with Crippen molar-refractivity contribution < 1.29 is 13.2 Å². The lowest BCUT2D eigenvalue weighted by molar-refractivity contribution is -0.138. The molecule has 0 spiro atoms. The average Bonchev–Trinajstić information content (AvgIpc) is 2.95. The number of nitrogens with zero attached hydrogens (tertiary/aromatic N) is 1. The van der Waals surface area contributed by atoms with Crippen LogP contribution >= 0.6 is 0 Å². The number of rotatable bonds is 2. The SMILES string of the molecule is CC(C)(N)C1(c2cnccc2C(F)(F)F)CC1. The number of alkyl halides is 3. The van der Waals surface area contributed by atoms with Crippen molar-refractivity contribution in [3.05, 3.63) is 29.6 Å². The molecule has 0 amide bonds. The van der Waals surface area contributed by atoms with Crippen LogP contribution in [0.25, 0.3) is 0 Å². The van der Waals surface area contributed by atoms with Crippen LogP contribution in [0.4, 0.5) is 13.2 Å². The molecule has 1 heterocycles. The van der Waals surface area contributed by atoms with Crippen molar-refractivity contribution in [2.45, 2.75) is 43.8 Å². The Bertz CT molecular complexity index is 428. The zero-order valence-electron chi connectivity index (χ0n) is 9.80. The first-order chi connectivity index (χ1) is 7.68. The Morgan fingerprint density at radius 3 is 2.29 bits per heavy atom. The molecule has 1 aromatic rings. The Hall–Kier alpha value is -1.10. The quantitative estimate of drug-likeness (QED) is 0.868. The third-order valence-corrected chi connectivity index (χ3v) is 3.63. The highest BCUT2D eigenvalue weighted by Crippen LogP contribution is 2.56. The van der Waals surface area contributed by atoms with E-state index in [4.69, 9.17) is 5.73 Å². The van der Waals surface area contributed by atoms with E-state index in [1.807, 2.05) is 0 Å². The molecule has 0 saturated heterocycles. The van der Waals surface area contributed by atoms with Crippen LogP contribution in [0.15, 0.2) is 18.5 Å². The smallest absolute Gasteiger partial charge is 0.325 e. The van der Waals surface area contributed by atoms with Gasteiger partial charge in [-0.3, -0.25) is 4.98 Å².